The van der Waals surface area contributed by atoms with Crippen molar-refractivity contribution in [1.29, 1.82) is 0 Å². The van der Waals surface area contributed by atoms with E-state index in [0.29, 0.717) is 23.6 Å². The summed E-state index contributed by atoms with van der Waals surface area (Å²) in [7, 11) is 0. The number of hydrogen-bond acceptors (Lipinski definition) is 2. The third-order valence-electron chi connectivity index (χ3n) is 2.97. The highest BCUT2D eigenvalue weighted by Crippen LogP contribution is 2.20. The summed E-state index contributed by atoms with van der Waals surface area (Å²) in [6, 6.07) is 12.8. The molecule has 1 N–H and O–H groups in total. The van der Waals surface area contributed by atoms with Crippen LogP contribution in [-0.2, 0) is 0 Å². The summed E-state index contributed by atoms with van der Waals surface area (Å²) in [6.45, 7) is 2.65. The first-order chi connectivity index (χ1) is 10.2. The smallest absolute Gasteiger partial charge is 0.259 e. The van der Waals surface area contributed by atoms with Gasteiger partial charge in [0.15, 0.2) is 0 Å². The van der Waals surface area contributed by atoms with E-state index in [0.717, 1.165) is 12.8 Å². The third kappa shape index (κ3) is 4.31. The molecule has 0 aromatic heterocycles. The molecule has 4 heteroatoms. The Morgan fingerprint density at radius 1 is 1.19 bits per heavy atom. The molecule has 0 aliphatic carbocycles. The predicted octanol–water partition coefficient (Wildman–Crippen LogP) is 4.26. The molecular formula is C17H18FNO2. The highest BCUT2D eigenvalue weighted by atomic mass is 19.1. The number of anilines is 1. The first kappa shape index (κ1) is 15.0. The number of amides is 1. The van der Waals surface area contributed by atoms with Gasteiger partial charge in [-0.15, -0.1) is 0 Å². The highest BCUT2D eigenvalue weighted by Gasteiger charge is 2.12. The van der Waals surface area contributed by atoms with Gasteiger partial charge >= 0.3 is 0 Å². The molecule has 0 fully saturated rings. The van der Waals surface area contributed by atoms with Crippen molar-refractivity contribution in [3.63, 3.8) is 0 Å². The molecule has 0 spiro atoms. The molecular weight excluding hydrogens is 269 g/mol. The molecule has 3 nitrogen and oxygen atoms in total. The predicted molar refractivity (Wildman–Crippen MR) is 81.2 cm³/mol. The summed E-state index contributed by atoms with van der Waals surface area (Å²) >= 11 is 0. The van der Waals surface area contributed by atoms with Gasteiger partial charge in [0.2, 0.25) is 0 Å². The van der Waals surface area contributed by atoms with Crippen LogP contribution in [0.2, 0.25) is 0 Å². The lowest BCUT2D eigenvalue weighted by molar-refractivity contribution is 0.102. The molecule has 2 rings (SSSR count). The Morgan fingerprint density at radius 3 is 2.76 bits per heavy atom. The Balaban J connectivity index is 2.11. The molecule has 110 valence electrons. The van der Waals surface area contributed by atoms with Gasteiger partial charge in [-0.2, -0.15) is 0 Å². The van der Waals surface area contributed by atoms with Crippen LogP contribution in [0.1, 0.15) is 30.1 Å². The van der Waals surface area contributed by atoms with E-state index in [4.69, 9.17) is 4.74 Å². The zero-order valence-corrected chi connectivity index (χ0v) is 11.9. The molecule has 0 unspecified atom stereocenters. The fourth-order valence-corrected chi connectivity index (χ4v) is 1.87. The van der Waals surface area contributed by atoms with Gasteiger partial charge < -0.3 is 10.1 Å². The van der Waals surface area contributed by atoms with Crippen LogP contribution in [-0.4, -0.2) is 12.5 Å². The van der Waals surface area contributed by atoms with E-state index in [1.54, 1.807) is 30.3 Å². The van der Waals surface area contributed by atoms with Crippen molar-refractivity contribution in [3.8, 4) is 5.75 Å². The largest absolute Gasteiger partial charge is 0.493 e. The quantitative estimate of drug-likeness (QED) is 0.806. The third-order valence-corrected chi connectivity index (χ3v) is 2.97. The minimum Gasteiger partial charge on any atom is -0.493 e. The molecule has 1 amide bonds. The maximum Gasteiger partial charge on any atom is 0.259 e. The zero-order chi connectivity index (χ0) is 15.1. The summed E-state index contributed by atoms with van der Waals surface area (Å²) in [5, 5.41) is 2.67. The Kier molecular flexibility index (Phi) is 5.32. The van der Waals surface area contributed by atoms with Gasteiger partial charge in [-0.05, 0) is 36.8 Å². The van der Waals surface area contributed by atoms with Gasteiger partial charge in [0.25, 0.3) is 5.91 Å². The minimum atomic E-state index is -0.389. The molecule has 0 aliphatic rings. The van der Waals surface area contributed by atoms with Crippen molar-refractivity contribution >= 4 is 11.6 Å². The zero-order valence-electron chi connectivity index (χ0n) is 11.9. The molecule has 0 heterocycles. The van der Waals surface area contributed by atoms with Crippen LogP contribution < -0.4 is 10.1 Å². The molecule has 0 radical (unpaired) electrons. The van der Waals surface area contributed by atoms with Crippen molar-refractivity contribution < 1.29 is 13.9 Å². The number of ether oxygens (including phenoxy) is 1. The van der Waals surface area contributed by atoms with Crippen LogP contribution in [0.5, 0.6) is 5.75 Å². The van der Waals surface area contributed by atoms with Gasteiger partial charge in [0, 0.05) is 5.69 Å². The lowest BCUT2D eigenvalue weighted by Gasteiger charge is -2.11. The van der Waals surface area contributed by atoms with Crippen molar-refractivity contribution in [3.05, 3.63) is 59.9 Å². The Morgan fingerprint density at radius 2 is 2.00 bits per heavy atom. The highest BCUT2D eigenvalue weighted by molar-refractivity contribution is 6.06. The lowest BCUT2D eigenvalue weighted by Crippen LogP contribution is -2.14. The second-order valence-corrected chi connectivity index (χ2v) is 4.66. The average Bonchev–Trinajstić information content (AvgIpc) is 2.48. The number of rotatable bonds is 6. The topological polar surface area (TPSA) is 38.3 Å². The van der Waals surface area contributed by atoms with Crippen LogP contribution in [0.15, 0.2) is 48.5 Å². The fourth-order valence-electron chi connectivity index (χ4n) is 1.87. The SMILES string of the molecule is CCCCOc1ccccc1C(=O)Nc1cccc(F)c1. The molecule has 0 saturated heterocycles. The van der Waals surface area contributed by atoms with E-state index in [1.807, 2.05) is 6.07 Å². The monoisotopic (exact) mass is 287 g/mol. The maximum absolute atomic E-state index is 13.1. The Bertz CT molecular complexity index is 613. The van der Waals surface area contributed by atoms with Gasteiger partial charge in [0.05, 0.1) is 12.2 Å². The fraction of sp³-hybridized carbons (Fsp3) is 0.235. The summed E-state index contributed by atoms with van der Waals surface area (Å²) in [6.07, 6.45) is 1.96. The number of benzene rings is 2. The number of unbranched alkanes of at least 4 members (excludes halogenated alkanes) is 1. The molecule has 0 bridgehead atoms. The summed E-state index contributed by atoms with van der Waals surface area (Å²) in [4.78, 5) is 12.3. The lowest BCUT2D eigenvalue weighted by atomic mass is 10.2. The van der Waals surface area contributed by atoms with Crippen LogP contribution >= 0.6 is 0 Å². The number of carbonyl (C=O) groups excluding carboxylic acids is 1. The average molecular weight is 287 g/mol. The van der Waals surface area contributed by atoms with E-state index in [2.05, 4.69) is 12.2 Å². The van der Waals surface area contributed by atoms with Crippen molar-refractivity contribution in [2.75, 3.05) is 11.9 Å². The molecule has 0 atom stereocenters. The number of halogens is 1. The van der Waals surface area contributed by atoms with Crippen LogP contribution in [0, 0.1) is 5.82 Å². The summed E-state index contributed by atoms with van der Waals surface area (Å²) in [5.74, 6) is -0.159. The second-order valence-electron chi connectivity index (χ2n) is 4.66. The van der Waals surface area contributed by atoms with Crippen LogP contribution in [0.3, 0.4) is 0 Å². The number of nitrogens with one attached hydrogen (secondary N) is 1. The van der Waals surface area contributed by atoms with E-state index in [1.165, 1.54) is 12.1 Å². The molecule has 2 aromatic carbocycles. The van der Waals surface area contributed by atoms with Gasteiger partial charge in [0.1, 0.15) is 11.6 Å². The maximum atomic E-state index is 13.1. The Hall–Kier alpha value is -2.36. The number of hydrogen-bond donors (Lipinski definition) is 1. The minimum absolute atomic E-state index is 0.312. The van der Waals surface area contributed by atoms with E-state index < -0.39 is 0 Å². The first-order valence-electron chi connectivity index (χ1n) is 6.99. The van der Waals surface area contributed by atoms with Crippen LogP contribution in [0.25, 0.3) is 0 Å². The number of carbonyl (C=O) groups is 1. The van der Waals surface area contributed by atoms with E-state index in [9.17, 15) is 9.18 Å². The van der Waals surface area contributed by atoms with E-state index >= 15 is 0 Å². The summed E-state index contributed by atoms with van der Waals surface area (Å²) < 4.78 is 18.8. The van der Waals surface area contributed by atoms with Gasteiger partial charge in [-0.25, -0.2) is 4.39 Å². The van der Waals surface area contributed by atoms with Crippen molar-refractivity contribution in [1.82, 2.24) is 0 Å². The second kappa shape index (κ2) is 7.43. The molecule has 2 aromatic rings. The standard InChI is InChI=1S/C17H18FNO2/c1-2-3-11-21-16-10-5-4-9-15(16)17(20)19-14-8-6-7-13(18)12-14/h4-10,12H,2-3,11H2,1H3,(H,19,20). The normalized spacial score (nSPS) is 10.2. The first-order valence-corrected chi connectivity index (χ1v) is 6.99. The number of para-hydroxylation sites is 1. The van der Waals surface area contributed by atoms with Crippen LogP contribution in [0.4, 0.5) is 10.1 Å². The van der Waals surface area contributed by atoms with Crippen molar-refractivity contribution in [2.45, 2.75) is 19.8 Å². The molecule has 21 heavy (non-hydrogen) atoms. The van der Waals surface area contributed by atoms with Gasteiger partial charge in [-0.1, -0.05) is 31.5 Å². The van der Waals surface area contributed by atoms with Crippen molar-refractivity contribution in [2.24, 2.45) is 0 Å². The molecule has 0 aliphatic heterocycles. The van der Waals surface area contributed by atoms with E-state index in [-0.39, 0.29) is 11.7 Å². The molecule has 0 saturated carbocycles. The van der Waals surface area contributed by atoms with Gasteiger partial charge in [-0.3, -0.25) is 4.79 Å². The summed E-state index contributed by atoms with van der Waals surface area (Å²) in [5.41, 5.74) is 0.862. The Labute approximate surface area is 123 Å².